The van der Waals surface area contributed by atoms with Gasteiger partial charge in [0.2, 0.25) is 0 Å². The molecule has 2 unspecified atom stereocenters. The molecule has 1 aromatic heterocycles. The first-order valence-electron chi connectivity index (χ1n) is 16.4. The minimum absolute atomic E-state index is 0.0444. The molecule has 0 aliphatic carbocycles. The number of piperidine rings is 1. The molecule has 2 fully saturated rings. The first-order chi connectivity index (χ1) is 22.3. The number of hydrogen-bond acceptors (Lipinski definition) is 9. The van der Waals surface area contributed by atoms with Gasteiger partial charge in [0.25, 0.3) is 0 Å². The minimum Gasteiger partial charge on any atom is -0.493 e. The number of carbonyl (C=O) groups excluding carboxylic acids is 2. The van der Waals surface area contributed by atoms with Crippen LogP contribution in [-0.4, -0.2) is 87.1 Å². The summed E-state index contributed by atoms with van der Waals surface area (Å²) in [6.45, 7) is 12.1. The summed E-state index contributed by atoms with van der Waals surface area (Å²) in [5.41, 5.74) is 2.49. The van der Waals surface area contributed by atoms with Gasteiger partial charge in [0.1, 0.15) is 17.4 Å². The van der Waals surface area contributed by atoms with Gasteiger partial charge in [-0.1, -0.05) is 6.92 Å². The zero-order chi connectivity index (χ0) is 32.6. The van der Waals surface area contributed by atoms with Gasteiger partial charge in [-0.05, 0) is 76.9 Å². The Kier molecular flexibility index (Phi) is 11.1. The highest BCUT2D eigenvalue weighted by molar-refractivity contribution is 6.06. The average Bonchev–Trinajstić information content (AvgIpc) is 3.07. The Morgan fingerprint density at radius 3 is 2.43 bits per heavy atom. The zero-order valence-corrected chi connectivity index (χ0v) is 27.6. The first-order valence-corrected chi connectivity index (χ1v) is 16.4. The maximum absolute atomic E-state index is 13.2. The van der Waals surface area contributed by atoms with Gasteiger partial charge in [-0.25, -0.2) is 9.59 Å². The molecule has 2 saturated heterocycles. The Bertz CT molecular complexity index is 1480. The van der Waals surface area contributed by atoms with Gasteiger partial charge in [0, 0.05) is 62.0 Å². The number of benzene rings is 2. The standard InChI is InChI=1S/C35H47N5O6/c1-6-30(24-9-8-14-36-21-24)46-32-20-29-27(19-31(32)43-5)33(28(22-37-29)34(41)44-7-2)39-15-17-40(18-16-39)35(42)38-25-10-12-26(13-11-25)45-23(3)4/h10-13,19-20,22-24,30,36H,6-9,14-18,21H2,1-5H3,(H,38,42). The largest absolute Gasteiger partial charge is 0.493 e. The van der Waals surface area contributed by atoms with E-state index in [1.54, 1.807) is 25.1 Å². The highest BCUT2D eigenvalue weighted by atomic mass is 16.5. The fourth-order valence-corrected chi connectivity index (χ4v) is 6.23. The van der Waals surface area contributed by atoms with Gasteiger partial charge >= 0.3 is 12.0 Å². The molecular weight excluding hydrogens is 586 g/mol. The molecule has 2 aliphatic rings. The number of fused-ring (bicyclic) bond motifs is 1. The maximum Gasteiger partial charge on any atom is 0.341 e. The van der Waals surface area contributed by atoms with E-state index in [4.69, 9.17) is 18.9 Å². The molecule has 0 bridgehead atoms. The molecule has 0 radical (unpaired) electrons. The van der Waals surface area contributed by atoms with E-state index in [-0.39, 0.29) is 24.8 Å². The van der Waals surface area contributed by atoms with E-state index in [9.17, 15) is 9.59 Å². The van der Waals surface area contributed by atoms with Crippen LogP contribution in [0.1, 0.15) is 57.3 Å². The smallest absolute Gasteiger partial charge is 0.341 e. The summed E-state index contributed by atoms with van der Waals surface area (Å²) in [7, 11) is 1.63. The molecule has 3 heterocycles. The summed E-state index contributed by atoms with van der Waals surface area (Å²) in [5, 5.41) is 7.24. The Morgan fingerprint density at radius 1 is 1.04 bits per heavy atom. The predicted molar refractivity (Wildman–Crippen MR) is 180 cm³/mol. The van der Waals surface area contributed by atoms with Gasteiger partial charge < -0.3 is 39.4 Å². The molecule has 248 valence electrons. The summed E-state index contributed by atoms with van der Waals surface area (Å²) in [6.07, 6.45) is 4.84. The molecule has 2 aromatic carbocycles. The third-order valence-corrected chi connectivity index (χ3v) is 8.52. The van der Waals surface area contributed by atoms with Crippen molar-refractivity contribution in [3.63, 3.8) is 0 Å². The van der Waals surface area contributed by atoms with Crippen LogP contribution in [0.25, 0.3) is 10.9 Å². The second-order valence-electron chi connectivity index (χ2n) is 12.0. The molecule has 5 rings (SSSR count). The summed E-state index contributed by atoms with van der Waals surface area (Å²) in [6, 6.07) is 11.0. The summed E-state index contributed by atoms with van der Waals surface area (Å²) in [5.74, 6) is 1.96. The number of urea groups is 1. The number of amides is 2. The second kappa shape index (κ2) is 15.4. The van der Waals surface area contributed by atoms with Crippen molar-refractivity contribution in [2.45, 2.75) is 59.2 Å². The molecule has 2 amide bonds. The zero-order valence-electron chi connectivity index (χ0n) is 27.6. The van der Waals surface area contributed by atoms with Crippen LogP contribution in [0.5, 0.6) is 17.2 Å². The number of pyridine rings is 1. The summed E-state index contributed by atoms with van der Waals surface area (Å²) >= 11 is 0. The number of nitrogens with one attached hydrogen (secondary N) is 2. The number of esters is 1. The number of methoxy groups -OCH3 is 1. The van der Waals surface area contributed by atoms with Crippen LogP contribution in [-0.2, 0) is 4.74 Å². The predicted octanol–water partition coefficient (Wildman–Crippen LogP) is 5.72. The Balaban J connectivity index is 1.37. The highest BCUT2D eigenvalue weighted by Crippen LogP contribution is 2.39. The van der Waals surface area contributed by atoms with Gasteiger partial charge in [-0.2, -0.15) is 0 Å². The van der Waals surface area contributed by atoms with Crippen LogP contribution in [0.3, 0.4) is 0 Å². The Labute approximate surface area is 271 Å². The SMILES string of the molecule is CCOC(=O)c1cnc2cc(OC(CC)C3CCCNC3)c(OC)cc2c1N1CCN(C(=O)Nc2ccc(OC(C)C)cc2)CC1. The summed E-state index contributed by atoms with van der Waals surface area (Å²) < 4.78 is 23.5. The van der Waals surface area contributed by atoms with Crippen LogP contribution >= 0.6 is 0 Å². The maximum atomic E-state index is 13.2. The highest BCUT2D eigenvalue weighted by Gasteiger charge is 2.29. The van der Waals surface area contributed by atoms with Crippen molar-refractivity contribution in [3.05, 3.63) is 48.2 Å². The molecule has 3 aromatic rings. The van der Waals surface area contributed by atoms with Crippen LogP contribution in [0.4, 0.5) is 16.2 Å². The number of nitrogens with zero attached hydrogens (tertiary/aromatic N) is 3. The lowest BCUT2D eigenvalue weighted by atomic mass is 9.92. The van der Waals surface area contributed by atoms with E-state index in [1.165, 1.54) is 0 Å². The molecule has 2 N–H and O–H groups in total. The normalized spacial score (nSPS) is 17.5. The molecular formula is C35H47N5O6. The fourth-order valence-electron chi connectivity index (χ4n) is 6.23. The molecule has 2 atom stereocenters. The summed E-state index contributed by atoms with van der Waals surface area (Å²) in [4.78, 5) is 34.9. The molecule has 0 spiro atoms. The number of rotatable bonds is 11. The van der Waals surface area contributed by atoms with Crippen molar-refractivity contribution < 1.29 is 28.5 Å². The van der Waals surface area contributed by atoms with Crippen LogP contribution in [0.15, 0.2) is 42.6 Å². The van der Waals surface area contributed by atoms with Crippen molar-refractivity contribution in [3.8, 4) is 17.2 Å². The van der Waals surface area contributed by atoms with Crippen molar-refractivity contribution in [2.24, 2.45) is 5.92 Å². The number of carbonyl (C=O) groups is 2. The van der Waals surface area contributed by atoms with Gasteiger partial charge in [0.05, 0.1) is 31.0 Å². The number of ether oxygens (including phenoxy) is 4. The van der Waals surface area contributed by atoms with E-state index < -0.39 is 5.97 Å². The second-order valence-corrected chi connectivity index (χ2v) is 12.0. The molecule has 11 nitrogen and oxygen atoms in total. The topological polar surface area (TPSA) is 114 Å². The average molecular weight is 634 g/mol. The Morgan fingerprint density at radius 2 is 1.80 bits per heavy atom. The van der Waals surface area contributed by atoms with Gasteiger partial charge in [0.15, 0.2) is 11.5 Å². The van der Waals surface area contributed by atoms with Gasteiger partial charge in [-0.15, -0.1) is 0 Å². The van der Waals surface area contributed by atoms with Crippen molar-refractivity contribution >= 4 is 34.3 Å². The lowest BCUT2D eigenvalue weighted by molar-refractivity contribution is 0.0526. The molecule has 0 saturated carbocycles. The van der Waals surface area contributed by atoms with E-state index in [0.717, 1.165) is 49.2 Å². The van der Waals surface area contributed by atoms with Crippen LogP contribution in [0, 0.1) is 5.92 Å². The first kappa shape index (κ1) is 33.1. The van der Waals surface area contributed by atoms with Crippen molar-refractivity contribution in [1.82, 2.24) is 15.2 Å². The Hall–Kier alpha value is -4.25. The fraction of sp³-hybridized carbons (Fsp3) is 0.514. The number of aromatic nitrogens is 1. The molecule has 46 heavy (non-hydrogen) atoms. The number of anilines is 2. The quantitative estimate of drug-likeness (QED) is 0.256. The van der Waals surface area contributed by atoms with Crippen molar-refractivity contribution in [2.75, 3.05) is 63.2 Å². The minimum atomic E-state index is -0.438. The van der Waals surface area contributed by atoms with Crippen molar-refractivity contribution in [1.29, 1.82) is 0 Å². The monoisotopic (exact) mass is 633 g/mol. The number of hydrogen-bond donors (Lipinski definition) is 2. The van der Waals surface area contributed by atoms with Crippen LogP contribution < -0.4 is 29.7 Å². The van der Waals surface area contributed by atoms with E-state index in [1.807, 2.05) is 50.2 Å². The van der Waals surface area contributed by atoms with Gasteiger partial charge in [-0.3, -0.25) is 4.98 Å². The lowest BCUT2D eigenvalue weighted by Crippen LogP contribution is -2.50. The third kappa shape index (κ3) is 7.75. The van der Waals surface area contributed by atoms with Crippen LogP contribution in [0.2, 0.25) is 0 Å². The number of piperazine rings is 1. The van der Waals surface area contributed by atoms with E-state index in [0.29, 0.717) is 60.4 Å². The molecule has 11 heteroatoms. The molecule has 2 aliphatic heterocycles. The third-order valence-electron chi connectivity index (χ3n) is 8.52. The van der Waals surface area contributed by atoms with E-state index in [2.05, 4.69) is 27.4 Å². The van der Waals surface area contributed by atoms with E-state index >= 15 is 0 Å². The lowest BCUT2D eigenvalue weighted by Gasteiger charge is -2.37.